The normalized spacial score (nSPS) is 11.4. The Hall–Kier alpha value is -3.28. The minimum Gasteiger partial charge on any atom is -0.496 e. The van der Waals surface area contributed by atoms with Crippen molar-refractivity contribution in [1.29, 1.82) is 0 Å². The van der Waals surface area contributed by atoms with Gasteiger partial charge < -0.3 is 10.6 Å². The summed E-state index contributed by atoms with van der Waals surface area (Å²) in [4.78, 5) is 10.3. The Morgan fingerprint density at radius 1 is 1.21 bits per heavy atom. The third kappa shape index (κ3) is 3.71. The molecular weight excluding hydrogens is 399 g/mol. The van der Waals surface area contributed by atoms with Gasteiger partial charge in [0.25, 0.3) is 5.69 Å². The minimum atomic E-state index is -4.70. The molecule has 2 N–H and O–H groups in total. The van der Waals surface area contributed by atoms with Crippen molar-refractivity contribution in [1.82, 2.24) is 14.9 Å². The second-order valence-corrected chi connectivity index (χ2v) is 6.43. The first-order valence-corrected chi connectivity index (χ1v) is 8.41. The smallest absolute Gasteiger partial charge is 0.416 e. The van der Waals surface area contributed by atoms with Crippen LogP contribution in [0.3, 0.4) is 0 Å². The quantitative estimate of drug-likeness (QED) is 0.387. The second kappa shape index (κ2) is 7.38. The maximum absolute atomic E-state index is 12.8. The summed E-state index contributed by atoms with van der Waals surface area (Å²) in [6.07, 6.45) is -4.70. The molecule has 2 aromatic carbocycles. The number of hydrogen-bond acceptors (Lipinski definition) is 7. The molecule has 0 radical (unpaired) electrons. The van der Waals surface area contributed by atoms with E-state index in [9.17, 15) is 23.3 Å². The van der Waals surface area contributed by atoms with Gasteiger partial charge in [-0.1, -0.05) is 12.1 Å². The highest BCUT2D eigenvalue weighted by Crippen LogP contribution is 2.39. The Balaban J connectivity index is 1.99. The van der Waals surface area contributed by atoms with Crippen molar-refractivity contribution in [3.63, 3.8) is 0 Å². The van der Waals surface area contributed by atoms with E-state index in [0.29, 0.717) is 17.4 Å². The van der Waals surface area contributed by atoms with E-state index in [-0.39, 0.29) is 15.9 Å². The number of aromatic nitrogens is 3. The van der Waals surface area contributed by atoms with Crippen LogP contribution in [-0.4, -0.2) is 26.9 Å². The summed E-state index contributed by atoms with van der Waals surface area (Å²) in [5, 5.41) is 19.1. The first-order chi connectivity index (χ1) is 13.2. The molecule has 0 aliphatic carbocycles. The third-order valence-electron chi connectivity index (χ3n) is 3.70. The maximum atomic E-state index is 12.8. The number of benzene rings is 2. The summed E-state index contributed by atoms with van der Waals surface area (Å²) in [7, 11) is 1.47. The lowest BCUT2D eigenvalue weighted by molar-refractivity contribution is -0.388. The van der Waals surface area contributed by atoms with Gasteiger partial charge in [0.15, 0.2) is 5.82 Å². The van der Waals surface area contributed by atoms with E-state index in [1.54, 1.807) is 24.3 Å². The Labute approximate surface area is 160 Å². The van der Waals surface area contributed by atoms with E-state index < -0.39 is 22.4 Å². The van der Waals surface area contributed by atoms with Crippen molar-refractivity contribution < 1.29 is 22.8 Å². The molecule has 0 spiro atoms. The molecule has 0 aliphatic rings. The average Bonchev–Trinajstić information content (AvgIpc) is 3.01. The molecule has 0 bridgehead atoms. The van der Waals surface area contributed by atoms with Crippen LogP contribution < -0.4 is 10.6 Å². The zero-order valence-electron chi connectivity index (χ0n) is 14.2. The minimum absolute atomic E-state index is 0.0522. The molecule has 28 heavy (non-hydrogen) atoms. The van der Waals surface area contributed by atoms with Crippen molar-refractivity contribution in [3.8, 4) is 17.1 Å². The first kappa shape index (κ1) is 19.5. The van der Waals surface area contributed by atoms with E-state index in [2.05, 4.69) is 10.2 Å². The largest absolute Gasteiger partial charge is 0.496 e. The van der Waals surface area contributed by atoms with Crippen LogP contribution in [0.5, 0.6) is 5.75 Å². The fraction of sp³-hybridized carbons (Fsp3) is 0.125. The predicted octanol–water partition coefficient (Wildman–Crippen LogP) is 3.75. The van der Waals surface area contributed by atoms with E-state index in [1.165, 1.54) is 7.11 Å². The van der Waals surface area contributed by atoms with Crippen LogP contribution >= 0.6 is 11.8 Å². The van der Waals surface area contributed by atoms with Gasteiger partial charge in [-0.15, -0.1) is 10.2 Å². The number of nitrogen functional groups attached to an aromatic ring is 1. The Morgan fingerprint density at radius 3 is 2.57 bits per heavy atom. The fourth-order valence-corrected chi connectivity index (χ4v) is 3.22. The first-order valence-electron chi connectivity index (χ1n) is 7.59. The van der Waals surface area contributed by atoms with Crippen molar-refractivity contribution >= 4 is 17.4 Å². The van der Waals surface area contributed by atoms with Crippen LogP contribution in [0.4, 0.5) is 18.9 Å². The van der Waals surface area contributed by atoms with Crippen LogP contribution in [-0.2, 0) is 6.18 Å². The summed E-state index contributed by atoms with van der Waals surface area (Å²) in [6, 6.07) is 9.11. The van der Waals surface area contributed by atoms with E-state index in [1.807, 2.05) is 0 Å². The molecule has 0 amide bonds. The molecule has 3 rings (SSSR count). The number of nitro groups is 1. The van der Waals surface area contributed by atoms with Crippen LogP contribution in [0.25, 0.3) is 11.4 Å². The standard InChI is InChI=1S/C16H12F3N5O3S/c1-27-12-5-3-2-4-10(12)14-21-22-15(23(14)20)28-13-7-6-9(16(17,18)19)8-11(13)24(25)26/h2-8H,20H2,1H3. The van der Waals surface area contributed by atoms with Crippen molar-refractivity contribution in [2.75, 3.05) is 13.0 Å². The second-order valence-electron chi connectivity index (χ2n) is 5.42. The lowest BCUT2D eigenvalue weighted by atomic mass is 10.2. The summed E-state index contributed by atoms with van der Waals surface area (Å²) in [6.45, 7) is 0. The van der Waals surface area contributed by atoms with Gasteiger partial charge in [-0.2, -0.15) is 13.2 Å². The lowest BCUT2D eigenvalue weighted by Crippen LogP contribution is -2.12. The molecule has 8 nitrogen and oxygen atoms in total. The van der Waals surface area contributed by atoms with Crippen LogP contribution in [0.1, 0.15) is 5.56 Å². The van der Waals surface area contributed by atoms with Gasteiger partial charge in [-0.05, 0) is 36.0 Å². The molecule has 0 atom stereocenters. The molecule has 1 heterocycles. The Kier molecular flexibility index (Phi) is 5.14. The van der Waals surface area contributed by atoms with Crippen molar-refractivity contribution in [3.05, 3.63) is 58.1 Å². The molecule has 0 aliphatic heterocycles. The number of rotatable bonds is 5. The summed E-state index contributed by atoms with van der Waals surface area (Å²) in [5.74, 6) is 6.71. The summed E-state index contributed by atoms with van der Waals surface area (Å²) in [5.41, 5.74) is -1.29. The van der Waals surface area contributed by atoms with Gasteiger partial charge in [-0.3, -0.25) is 10.1 Å². The molecule has 12 heteroatoms. The van der Waals surface area contributed by atoms with E-state index >= 15 is 0 Å². The lowest BCUT2D eigenvalue weighted by Gasteiger charge is -2.09. The SMILES string of the molecule is COc1ccccc1-c1nnc(Sc2ccc(C(F)(F)F)cc2[N+](=O)[O-])n1N. The van der Waals surface area contributed by atoms with Gasteiger partial charge in [0.2, 0.25) is 5.16 Å². The molecule has 1 aromatic heterocycles. The van der Waals surface area contributed by atoms with Crippen LogP contribution in [0.15, 0.2) is 52.5 Å². The number of alkyl halides is 3. The van der Waals surface area contributed by atoms with E-state index in [0.717, 1.165) is 28.6 Å². The molecule has 146 valence electrons. The highest BCUT2D eigenvalue weighted by atomic mass is 32.2. The molecule has 0 unspecified atom stereocenters. The zero-order chi connectivity index (χ0) is 20.5. The number of nitro benzene ring substituents is 1. The van der Waals surface area contributed by atoms with Crippen molar-refractivity contribution in [2.24, 2.45) is 0 Å². The number of nitrogens with zero attached hydrogens (tertiary/aromatic N) is 4. The number of ether oxygens (including phenoxy) is 1. The average molecular weight is 411 g/mol. The number of methoxy groups -OCH3 is 1. The fourth-order valence-electron chi connectivity index (χ4n) is 2.38. The highest BCUT2D eigenvalue weighted by Gasteiger charge is 2.33. The Morgan fingerprint density at radius 2 is 1.93 bits per heavy atom. The van der Waals surface area contributed by atoms with Gasteiger partial charge in [-0.25, -0.2) is 4.68 Å². The van der Waals surface area contributed by atoms with Crippen molar-refractivity contribution in [2.45, 2.75) is 16.2 Å². The topological polar surface area (TPSA) is 109 Å². The molecular formula is C16H12F3N5O3S. The molecule has 3 aromatic rings. The predicted molar refractivity (Wildman–Crippen MR) is 94.4 cm³/mol. The van der Waals surface area contributed by atoms with Gasteiger partial charge in [0, 0.05) is 6.07 Å². The monoisotopic (exact) mass is 411 g/mol. The highest BCUT2D eigenvalue weighted by molar-refractivity contribution is 7.99. The van der Waals surface area contributed by atoms with Gasteiger partial charge >= 0.3 is 6.18 Å². The number of hydrogen-bond donors (Lipinski definition) is 1. The molecule has 0 saturated heterocycles. The number of halogens is 3. The third-order valence-corrected chi connectivity index (χ3v) is 4.72. The van der Waals surface area contributed by atoms with Gasteiger partial charge in [0.1, 0.15) is 5.75 Å². The Bertz CT molecular complexity index is 1040. The van der Waals surface area contributed by atoms with Gasteiger partial charge in [0.05, 0.1) is 28.1 Å². The van der Waals surface area contributed by atoms with Crippen LogP contribution in [0.2, 0.25) is 0 Å². The number of nitrogens with two attached hydrogens (primary N) is 1. The van der Waals surface area contributed by atoms with E-state index in [4.69, 9.17) is 10.6 Å². The summed E-state index contributed by atoms with van der Waals surface area (Å²) >= 11 is 0.732. The summed E-state index contributed by atoms with van der Waals surface area (Å²) < 4.78 is 44.8. The zero-order valence-corrected chi connectivity index (χ0v) is 15.0. The molecule has 0 saturated carbocycles. The maximum Gasteiger partial charge on any atom is 0.416 e. The van der Waals surface area contributed by atoms with Crippen LogP contribution in [0, 0.1) is 10.1 Å². The molecule has 0 fully saturated rings. The number of para-hydroxylation sites is 1.